The lowest BCUT2D eigenvalue weighted by Gasteiger charge is -2.45. The maximum absolute atomic E-state index is 10.7. The molecule has 0 bridgehead atoms. The third kappa shape index (κ3) is 5.93. The molecule has 0 saturated carbocycles. The van der Waals surface area contributed by atoms with Crippen molar-refractivity contribution >= 4 is 0 Å². The summed E-state index contributed by atoms with van der Waals surface area (Å²) in [5.41, 5.74) is 0.0917. The minimum Gasteiger partial charge on any atom is -0.392 e. The molecule has 1 aliphatic carbocycles. The molecule has 0 aromatic heterocycles. The van der Waals surface area contributed by atoms with E-state index in [1.807, 2.05) is 0 Å². The highest BCUT2D eigenvalue weighted by atomic mass is 16.7. The highest BCUT2D eigenvalue weighted by molar-refractivity contribution is 5.22. The van der Waals surface area contributed by atoms with Gasteiger partial charge in [0.1, 0.15) is 54.9 Å². The van der Waals surface area contributed by atoms with Crippen LogP contribution in [-0.2, 0) is 14.2 Å². The number of nitrogens with one attached hydrogen (secondary N) is 1. The lowest BCUT2D eigenvalue weighted by Crippen LogP contribution is -2.66. The molecule has 0 unspecified atom stereocenters. The van der Waals surface area contributed by atoms with E-state index in [0.29, 0.717) is 0 Å². The zero-order valence-corrected chi connectivity index (χ0v) is 19.3. The maximum Gasteiger partial charge on any atom is 0.186 e. The summed E-state index contributed by atoms with van der Waals surface area (Å²) < 4.78 is 16.8. The molecule has 2 heterocycles. The molecule has 202 valence electrons. The quantitative estimate of drug-likeness (QED) is 0.140. The molecule has 14 atom stereocenters. The molecular formula is C22H37NO12. The smallest absolute Gasteiger partial charge is 0.186 e. The fourth-order valence-corrected chi connectivity index (χ4v) is 4.68. The van der Waals surface area contributed by atoms with Gasteiger partial charge in [0.15, 0.2) is 6.29 Å². The van der Waals surface area contributed by atoms with Crippen molar-refractivity contribution in [2.24, 2.45) is 0 Å². The first-order valence-electron chi connectivity index (χ1n) is 11.6. The topological polar surface area (TPSA) is 222 Å². The second-order valence-electron chi connectivity index (χ2n) is 9.28. The van der Waals surface area contributed by atoms with Crippen LogP contribution in [0.4, 0.5) is 0 Å². The van der Waals surface area contributed by atoms with Gasteiger partial charge in [0, 0.05) is 0 Å². The van der Waals surface area contributed by atoms with Crippen LogP contribution in [0.3, 0.4) is 0 Å². The van der Waals surface area contributed by atoms with Crippen LogP contribution in [0.15, 0.2) is 24.3 Å². The number of hydrogen-bond acceptors (Lipinski definition) is 13. The third-order valence-electron chi connectivity index (χ3n) is 6.87. The van der Waals surface area contributed by atoms with Crippen LogP contribution < -0.4 is 5.32 Å². The first-order valence-corrected chi connectivity index (χ1v) is 11.6. The summed E-state index contributed by atoms with van der Waals surface area (Å²) >= 11 is 0. The molecule has 13 nitrogen and oxygen atoms in total. The predicted molar refractivity (Wildman–Crippen MR) is 118 cm³/mol. The van der Waals surface area contributed by atoms with E-state index in [1.165, 1.54) is 12.2 Å². The van der Waals surface area contributed by atoms with Gasteiger partial charge in [-0.3, -0.25) is 0 Å². The van der Waals surface area contributed by atoms with Crippen LogP contribution >= 0.6 is 0 Å². The molecule has 0 amide bonds. The highest BCUT2D eigenvalue weighted by Gasteiger charge is 2.48. The standard InChI is InChI=1S/C22H37NO12/c1-3-4-11-16(27)20(31)17(28)12(35-11)7-33-22-21(32)18(29)13(8(2)34-22)23-10-5-9(6-24)14(25)19(30)15(10)26/h3,5,8,10-32H,1,4,6-7H2,2H3/t8-,10+,11-,12-,13-,14-,15+,16+,17-,18+,19+,20-,21-,22+/m1/s1. The Bertz CT molecular complexity index is 739. The van der Waals surface area contributed by atoms with Gasteiger partial charge >= 0.3 is 0 Å². The number of ether oxygens (including phenoxy) is 3. The molecule has 0 aromatic rings. The van der Waals surface area contributed by atoms with E-state index < -0.39 is 92.1 Å². The molecule has 0 aromatic carbocycles. The van der Waals surface area contributed by atoms with Gasteiger partial charge in [0.25, 0.3) is 0 Å². The maximum atomic E-state index is 10.7. The molecule has 3 aliphatic rings. The summed E-state index contributed by atoms with van der Waals surface area (Å²) in [6.45, 7) is 4.27. The van der Waals surface area contributed by atoms with Gasteiger partial charge in [-0.2, -0.15) is 0 Å². The molecule has 2 fully saturated rings. The summed E-state index contributed by atoms with van der Waals surface area (Å²) in [5, 5.41) is 94.2. The van der Waals surface area contributed by atoms with E-state index in [2.05, 4.69) is 11.9 Å². The highest BCUT2D eigenvalue weighted by Crippen LogP contribution is 2.28. The SMILES string of the molecule is C=CC[C@H]1O[C@H](CO[C@H]2O[C@H](C)[C@@H](N[C@H]3C=C(CO)[C@@H](O)[C@H](O)[C@H]3O)[C@H](O)[C@H]2O)[C@@H](O)[C@H](O)[C@H]1O. The van der Waals surface area contributed by atoms with Crippen molar-refractivity contribution in [1.29, 1.82) is 0 Å². The predicted octanol–water partition coefficient (Wildman–Crippen LogP) is -4.76. The Kier molecular flexibility index (Phi) is 9.78. The van der Waals surface area contributed by atoms with Gasteiger partial charge in [-0.15, -0.1) is 6.58 Å². The van der Waals surface area contributed by atoms with Crippen molar-refractivity contribution in [3.8, 4) is 0 Å². The number of aliphatic hydroxyl groups is 9. The largest absolute Gasteiger partial charge is 0.392 e. The summed E-state index contributed by atoms with van der Waals surface area (Å²) in [6.07, 6.45) is -12.7. The van der Waals surface area contributed by atoms with Crippen LogP contribution in [0.5, 0.6) is 0 Å². The average molecular weight is 508 g/mol. The van der Waals surface area contributed by atoms with Crippen molar-refractivity contribution in [2.45, 2.75) is 98.9 Å². The minimum atomic E-state index is -1.57. The van der Waals surface area contributed by atoms with Crippen LogP contribution in [0.25, 0.3) is 0 Å². The van der Waals surface area contributed by atoms with E-state index in [4.69, 9.17) is 14.2 Å². The average Bonchev–Trinajstić information content (AvgIpc) is 2.84. The molecule has 2 saturated heterocycles. The van der Waals surface area contributed by atoms with Crippen LogP contribution in [-0.4, -0.2) is 145 Å². The fourth-order valence-electron chi connectivity index (χ4n) is 4.68. The molecule has 35 heavy (non-hydrogen) atoms. The van der Waals surface area contributed by atoms with Crippen molar-refractivity contribution in [2.75, 3.05) is 13.2 Å². The molecule has 10 N–H and O–H groups in total. The van der Waals surface area contributed by atoms with Gasteiger partial charge in [0.2, 0.25) is 0 Å². The monoisotopic (exact) mass is 507 g/mol. The Morgan fingerprint density at radius 3 is 2.17 bits per heavy atom. The summed E-state index contributed by atoms with van der Waals surface area (Å²) in [7, 11) is 0. The molecule has 0 spiro atoms. The Hall–Kier alpha value is -1.04. The van der Waals surface area contributed by atoms with Crippen molar-refractivity contribution < 1.29 is 60.2 Å². The summed E-state index contributed by atoms with van der Waals surface area (Å²) in [5.74, 6) is 0. The molecule has 13 heteroatoms. The van der Waals surface area contributed by atoms with Crippen molar-refractivity contribution in [1.82, 2.24) is 5.32 Å². The lowest BCUT2D eigenvalue weighted by molar-refractivity contribution is -0.294. The molecule has 0 radical (unpaired) electrons. The van der Waals surface area contributed by atoms with Gasteiger partial charge in [-0.25, -0.2) is 0 Å². The normalized spacial score (nSPS) is 48.9. The van der Waals surface area contributed by atoms with Crippen molar-refractivity contribution in [3.63, 3.8) is 0 Å². The lowest BCUT2D eigenvalue weighted by atomic mass is 9.86. The second-order valence-corrected chi connectivity index (χ2v) is 9.28. The van der Waals surface area contributed by atoms with Gasteiger partial charge in [0.05, 0.1) is 37.5 Å². The summed E-state index contributed by atoms with van der Waals surface area (Å²) in [6, 6.07) is -1.90. The van der Waals surface area contributed by atoms with E-state index in [1.54, 1.807) is 6.92 Å². The minimum absolute atomic E-state index is 0.0917. The fraction of sp³-hybridized carbons (Fsp3) is 0.818. The summed E-state index contributed by atoms with van der Waals surface area (Å²) in [4.78, 5) is 0. The van der Waals surface area contributed by atoms with Gasteiger partial charge in [-0.1, -0.05) is 12.2 Å². The Balaban J connectivity index is 1.62. The molecule has 2 aliphatic heterocycles. The van der Waals surface area contributed by atoms with Crippen LogP contribution in [0.1, 0.15) is 13.3 Å². The van der Waals surface area contributed by atoms with Crippen LogP contribution in [0, 0.1) is 0 Å². The first kappa shape index (κ1) is 28.5. The van der Waals surface area contributed by atoms with Gasteiger partial charge in [-0.05, 0) is 18.9 Å². The van der Waals surface area contributed by atoms with Crippen LogP contribution in [0.2, 0.25) is 0 Å². The Morgan fingerprint density at radius 1 is 0.886 bits per heavy atom. The van der Waals surface area contributed by atoms with E-state index in [-0.39, 0.29) is 18.6 Å². The van der Waals surface area contributed by atoms with E-state index in [9.17, 15) is 46.0 Å². The van der Waals surface area contributed by atoms with Crippen molar-refractivity contribution in [3.05, 3.63) is 24.3 Å². The van der Waals surface area contributed by atoms with E-state index >= 15 is 0 Å². The van der Waals surface area contributed by atoms with Gasteiger partial charge < -0.3 is 65.5 Å². The zero-order chi connectivity index (χ0) is 26.0. The Labute approximate surface area is 202 Å². The number of rotatable bonds is 8. The Morgan fingerprint density at radius 2 is 1.54 bits per heavy atom. The number of hydrogen-bond donors (Lipinski definition) is 10. The first-order chi connectivity index (χ1) is 16.5. The van der Waals surface area contributed by atoms with E-state index in [0.717, 1.165) is 0 Å². The molecular weight excluding hydrogens is 470 g/mol. The second kappa shape index (κ2) is 12.0. The zero-order valence-electron chi connectivity index (χ0n) is 19.3. The molecule has 3 rings (SSSR count). The number of aliphatic hydroxyl groups excluding tert-OH is 9. The third-order valence-corrected chi connectivity index (χ3v) is 6.87.